The molecule has 90 valence electrons. The van der Waals surface area contributed by atoms with Gasteiger partial charge < -0.3 is 0 Å². The van der Waals surface area contributed by atoms with E-state index in [0.29, 0.717) is 11.1 Å². The van der Waals surface area contributed by atoms with Crippen molar-refractivity contribution < 1.29 is 17.2 Å². The summed E-state index contributed by atoms with van der Waals surface area (Å²) < 4.78 is 47.9. The molecule has 1 aromatic carbocycles. The van der Waals surface area contributed by atoms with E-state index in [-0.39, 0.29) is 0 Å². The molecular formula is C10H11ClF2O2S. The summed E-state index contributed by atoms with van der Waals surface area (Å²) in [5, 5.41) is 0. The maximum Gasteiger partial charge on any atom is 0.267 e. The number of hydrogen-bond acceptors (Lipinski definition) is 2. The Hall–Kier alpha value is -0.680. The van der Waals surface area contributed by atoms with Gasteiger partial charge in [-0.05, 0) is 18.1 Å². The van der Waals surface area contributed by atoms with Crippen molar-refractivity contribution in [3.8, 4) is 0 Å². The maximum atomic E-state index is 13.3. The fourth-order valence-corrected chi connectivity index (χ4v) is 2.48. The predicted octanol–water partition coefficient (Wildman–Crippen LogP) is 2.74. The summed E-state index contributed by atoms with van der Waals surface area (Å²) >= 11 is 0. The summed E-state index contributed by atoms with van der Waals surface area (Å²) in [5.74, 6) is -4.68. The summed E-state index contributed by atoms with van der Waals surface area (Å²) in [6.45, 7) is 1.70. The summed E-state index contributed by atoms with van der Waals surface area (Å²) in [5.41, 5.74) is 1.13. The van der Waals surface area contributed by atoms with Crippen LogP contribution in [0.15, 0.2) is 24.3 Å². The second-order valence-corrected chi connectivity index (χ2v) is 6.42. The molecule has 1 aromatic rings. The molecule has 0 bridgehead atoms. The lowest BCUT2D eigenvalue weighted by Crippen LogP contribution is -2.28. The van der Waals surface area contributed by atoms with Crippen LogP contribution in [0.1, 0.15) is 11.1 Å². The van der Waals surface area contributed by atoms with Gasteiger partial charge in [0, 0.05) is 17.1 Å². The topological polar surface area (TPSA) is 34.1 Å². The van der Waals surface area contributed by atoms with Gasteiger partial charge in [-0.25, -0.2) is 17.2 Å². The monoisotopic (exact) mass is 268 g/mol. The first-order valence-corrected chi connectivity index (χ1v) is 7.02. The number of halogens is 3. The van der Waals surface area contributed by atoms with Crippen molar-refractivity contribution in [2.24, 2.45) is 0 Å². The van der Waals surface area contributed by atoms with Crippen LogP contribution in [0.3, 0.4) is 0 Å². The molecule has 0 N–H and O–H groups in total. The molecule has 2 nitrogen and oxygen atoms in total. The third kappa shape index (κ3) is 4.45. The van der Waals surface area contributed by atoms with Crippen molar-refractivity contribution in [2.75, 3.05) is 5.75 Å². The van der Waals surface area contributed by atoms with Gasteiger partial charge in [0.25, 0.3) is 5.92 Å². The predicted molar refractivity (Wildman–Crippen MR) is 59.5 cm³/mol. The number of aryl methyl sites for hydroxylation is 1. The quantitative estimate of drug-likeness (QED) is 0.787. The largest absolute Gasteiger partial charge is 0.267 e. The van der Waals surface area contributed by atoms with E-state index in [9.17, 15) is 17.2 Å². The SMILES string of the molecule is Cc1ccccc1CC(F)(F)CS(=O)(=O)Cl. The molecule has 0 aromatic heterocycles. The average Bonchev–Trinajstić information content (AvgIpc) is 2.04. The van der Waals surface area contributed by atoms with Crippen molar-refractivity contribution >= 4 is 19.7 Å². The molecule has 1 rings (SSSR count). The van der Waals surface area contributed by atoms with E-state index >= 15 is 0 Å². The molecule has 0 unspecified atom stereocenters. The van der Waals surface area contributed by atoms with Gasteiger partial charge in [0.2, 0.25) is 9.05 Å². The van der Waals surface area contributed by atoms with Gasteiger partial charge in [0.05, 0.1) is 0 Å². The minimum atomic E-state index is -4.19. The lowest BCUT2D eigenvalue weighted by atomic mass is 10.0. The van der Waals surface area contributed by atoms with Crippen LogP contribution >= 0.6 is 10.7 Å². The highest BCUT2D eigenvalue weighted by Crippen LogP contribution is 2.24. The van der Waals surface area contributed by atoms with Crippen LogP contribution in [-0.4, -0.2) is 20.1 Å². The molecule has 0 aliphatic rings. The number of rotatable bonds is 4. The van der Waals surface area contributed by atoms with E-state index in [1.54, 1.807) is 31.2 Å². The van der Waals surface area contributed by atoms with Crippen molar-refractivity contribution in [3.05, 3.63) is 35.4 Å². The normalized spacial score (nSPS) is 12.8. The van der Waals surface area contributed by atoms with E-state index in [4.69, 9.17) is 10.7 Å². The Bertz CT molecular complexity index is 471. The van der Waals surface area contributed by atoms with Crippen LogP contribution in [-0.2, 0) is 15.5 Å². The zero-order valence-corrected chi connectivity index (χ0v) is 10.2. The fraction of sp³-hybridized carbons (Fsp3) is 0.400. The van der Waals surface area contributed by atoms with E-state index in [1.807, 2.05) is 0 Å². The Morgan fingerprint density at radius 3 is 2.38 bits per heavy atom. The molecule has 0 spiro atoms. The number of hydrogen-bond donors (Lipinski definition) is 0. The lowest BCUT2D eigenvalue weighted by molar-refractivity contribution is 0.0265. The summed E-state index contributed by atoms with van der Waals surface area (Å²) in [6.07, 6.45) is -0.619. The Labute approximate surface area is 97.7 Å². The summed E-state index contributed by atoms with van der Waals surface area (Å²) in [4.78, 5) is 0. The molecule has 0 heterocycles. The highest BCUT2D eigenvalue weighted by Gasteiger charge is 2.35. The molecule has 0 amide bonds. The van der Waals surface area contributed by atoms with Crippen molar-refractivity contribution in [2.45, 2.75) is 19.3 Å². The van der Waals surface area contributed by atoms with E-state index in [1.165, 1.54) is 0 Å². The molecule has 16 heavy (non-hydrogen) atoms. The zero-order valence-electron chi connectivity index (χ0n) is 8.58. The highest BCUT2D eigenvalue weighted by atomic mass is 35.7. The third-order valence-corrected chi connectivity index (χ3v) is 3.19. The van der Waals surface area contributed by atoms with Gasteiger partial charge >= 0.3 is 0 Å². The molecule has 0 atom stereocenters. The second kappa shape index (κ2) is 4.67. The van der Waals surface area contributed by atoms with Crippen molar-refractivity contribution in [3.63, 3.8) is 0 Å². The second-order valence-electron chi connectivity index (χ2n) is 3.64. The molecule has 0 fully saturated rings. The molecule has 0 saturated heterocycles. The van der Waals surface area contributed by atoms with E-state index in [0.717, 1.165) is 0 Å². The minimum Gasteiger partial charge on any atom is -0.212 e. The maximum absolute atomic E-state index is 13.3. The van der Waals surface area contributed by atoms with Gasteiger partial charge in [-0.1, -0.05) is 24.3 Å². The molecule has 0 aliphatic heterocycles. The van der Waals surface area contributed by atoms with Gasteiger partial charge in [-0.3, -0.25) is 0 Å². The summed E-state index contributed by atoms with van der Waals surface area (Å²) in [6, 6.07) is 6.60. The summed E-state index contributed by atoms with van der Waals surface area (Å²) in [7, 11) is 0.623. The van der Waals surface area contributed by atoms with Crippen LogP contribution in [0, 0.1) is 6.92 Å². The zero-order chi connectivity index (χ0) is 12.4. The van der Waals surface area contributed by atoms with E-state index < -0.39 is 27.1 Å². The Balaban J connectivity index is 2.85. The molecule has 0 aliphatic carbocycles. The van der Waals surface area contributed by atoms with Crippen LogP contribution in [0.2, 0.25) is 0 Å². The Kier molecular flexibility index (Phi) is 3.91. The van der Waals surface area contributed by atoms with Crippen molar-refractivity contribution in [1.29, 1.82) is 0 Å². The first-order valence-electron chi connectivity index (χ1n) is 4.54. The van der Waals surface area contributed by atoms with E-state index in [2.05, 4.69) is 0 Å². The average molecular weight is 269 g/mol. The third-order valence-electron chi connectivity index (χ3n) is 2.09. The van der Waals surface area contributed by atoms with Crippen LogP contribution < -0.4 is 0 Å². The highest BCUT2D eigenvalue weighted by molar-refractivity contribution is 8.13. The van der Waals surface area contributed by atoms with Crippen molar-refractivity contribution in [1.82, 2.24) is 0 Å². The molecular weight excluding hydrogens is 258 g/mol. The van der Waals surface area contributed by atoms with Gasteiger partial charge in [-0.2, -0.15) is 0 Å². The molecule has 0 radical (unpaired) electrons. The Morgan fingerprint density at radius 2 is 1.88 bits per heavy atom. The first-order chi connectivity index (χ1) is 7.20. The molecule has 6 heteroatoms. The number of benzene rings is 1. The van der Waals surface area contributed by atoms with Crippen LogP contribution in [0.4, 0.5) is 8.78 Å². The van der Waals surface area contributed by atoms with Gasteiger partial charge in [0.1, 0.15) is 5.75 Å². The van der Waals surface area contributed by atoms with Crippen LogP contribution in [0.25, 0.3) is 0 Å². The minimum absolute atomic E-state index is 0.424. The first kappa shape index (κ1) is 13.4. The van der Waals surface area contributed by atoms with Gasteiger partial charge in [-0.15, -0.1) is 0 Å². The number of alkyl halides is 2. The lowest BCUT2D eigenvalue weighted by Gasteiger charge is -2.15. The fourth-order valence-electron chi connectivity index (χ4n) is 1.39. The van der Waals surface area contributed by atoms with Gasteiger partial charge in [0.15, 0.2) is 0 Å². The molecule has 0 saturated carbocycles. The smallest absolute Gasteiger partial charge is 0.212 e. The Morgan fingerprint density at radius 1 is 1.31 bits per heavy atom. The standard InChI is InChI=1S/C10H11ClF2O2S/c1-8-4-2-3-5-9(8)6-10(12,13)7-16(11,14)15/h2-5H,6-7H2,1H3. The van der Waals surface area contributed by atoms with Crippen LogP contribution in [0.5, 0.6) is 0 Å².